The molecule has 0 aliphatic rings. The second kappa shape index (κ2) is 5.47. The van der Waals surface area contributed by atoms with Crippen LogP contribution in [0.2, 0.25) is 0 Å². The number of aromatic hydroxyl groups is 1. The van der Waals surface area contributed by atoms with E-state index in [4.69, 9.17) is 9.47 Å². The van der Waals surface area contributed by atoms with Gasteiger partial charge in [0.15, 0.2) is 5.75 Å². The lowest BCUT2D eigenvalue weighted by Crippen LogP contribution is -2.04. The number of rotatable bonds is 2. The van der Waals surface area contributed by atoms with Gasteiger partial charge in [0.1, 0.15) is 11.5 Å². The van der Waals surface area contributed by atoms with Crippen molar-refractivity contribution in [1.82, 2.24) is 0 Å². The Hall–Kier alpha value is -2.75. The molecular formula is C19H18O4. The van der Waals surface area contributed by atoms with Crippen molar-refractivity contribution in [2.24, 2.45) is 0 Å². The highest BCUT2D eigenvalue weighted by Gasteiger charge is 2.12. The van der Waals surface area contributed by atoms with E-state index in [-0.39, 0.29) is 16.9 Å². The first-order valence-electron chi connectivity index (χ1n) is 7.29. The van der Waals surface area contributed by atoms with Crippen molar-refractivity contribution in [3.05, 3.63) is 51.7 Å². The van der Waals surface area contributed by atoms with Gasteiger partial charge in [0.2, 0.25) is 5.43 Å². The SMILES string of the molecule is COc1cc2c(cc1C)c(O)cc1cc(C)c(=O)c(OC)cc12. The van der Waals surface area contributed by atoms with Crippen molar-refractivity contribution in [3.8, 4) is 17.2 Å². The quantitative estimate of drug-likeness (QED) is 0.784. The molecule has 0 aliphatic heterocycles. The van der Waals surface area contributed by atoms with Crippen LogP contribution in [0.3, 0.4) is 0 Å². The van der Waals surface area contributed by atoms with Crippen molar-refractivity contribution in [1.29, 1.82) is 0 Å². The number of fused-ring (bicyclic) bond motifs is 3. The standard InChI is InChI=1S/C19H18O4/c1-10-6-15-14(9-17(10)22-3)13-8-18(23-4)19(21)11(2)5-12(13)7-16(15)20/h5-9,20H,1-4H3. The van der Waals surface area contributed by atoms with Crippen molar-refractivity contribution in [2.45, 2.75) is 13.8 Å². The van der Waals surface area contributed by atoms with Gasteiger partial charge in [-0.3, -0.25) is 4.79 Å². The fourth-order valence-corrected chi connectivity index (χ4v) is 2.92. The summed E-state index contributed by atoms with van der Waals surface area (Å²) in [4.78, 5) is 12.3. The largest absolute Gasteiger partial charge is 0.507 e. The summed E-state index contributed by atoms with van der Waals surface area (Å²) in [5.74, 6) is 1.19. The molecule has 118 valence electrons. The highest BCUT2D eigenvalue weighted by molar-refractivity contribution is 6.11. The molecule has 4 nitrogen and oxygen atoms in total. The number of hydrogen-bond acceptors (Lipinski definition) is 4. The summed E-state index contributed by atoms with van der Waals surface area (Å²) in [6.07, 6.45) is 0. The molecule has 3 rings (SSSR count). The van der Waals surface area contributed by atoms with Gasteiger partial charge < -0.3 is 14.6 Å². The summed E-state index contributed by atoms with van der Waals surface area (Å²) >= 11 is 0. The van der Waals surface area contributed by atoms with Crippen LogP contribution >= 0.6 is 0 Å². The smallest absolute Gasteiger partial charge is 0.223 e. The molecule has 0 saturated heterocycles. The molecule has 0 radical (unpaired) electrons. The third-order valence-corrected chi connectivity index (χ3v) is 4.15. The molecule has 0 fully saturated rings. The number of ether oxygens (including phenoxy) is 2. The summed E-state index contributed by atoms with van der Waals surface area (Å²) < 4.78 is 10.6. The maximum atomic E-state index is 12.3. The molecule has 0 amide bonds. The van der Waals surface area contributed by atoms with Crippen molar-refractivity contribution in [3.63, 3.8) is 0 Å². The Labute approximate surface area is 133 Å². The first kappa shape index (κ1) is 15.2. The van der Waals surface area contributed by atoms with E-state index in [1.54, 1.807) is 32.2 Å². The van der Waals surface area contributed by atoms with E-state index in [0.717, 1.165) is 27.5 Å². The van der Waals surface area contributed by atoms with Gasteiger partial charge in [0.05, 0.1) is 14.2 Å². The van der Waals surface area contributed by atoms with Crippen LogP contribution in [-0.2, 0) is 0 Å². The number of aryl methyl sites for hydroxylation is 2. The third kappa shape index (κ3) is 2.36. The minimum Gasteiger partial charge on any atom is -0.507 e. The number of phenolic OH excluding ortho intramolecular Hbond substituents is 1. The summed E-state index contributed by atoms with van der Waals surface area (Å²) in [5, 5.41) is 13.5. The molecule has 3 aromatic carbocycles. The van der Waals surface area contributed by atoms with Crippen molar-refractivity contribution < 1.29 is 14.6 Å². The van der Waals surface area contributed by atoms with Crippen LogP contribution in [0.1, 0.15) is 11.1 Å². The maximum Gasteiger partial charge on any atom is 0.223 e. The predicted molar refractivity (Wildman–Crippen MR) is 92.0 cm³/mol. The topological polar surface area (TPSA) is 55.8 Å². The number of methoxy groups -OCH3 is 2. The minimum atomic E-state index is -0.157. The normalized spacial score (nSPS) is 11.0. The van der Waals surface area contributed by atoms with Crippen LogP contribution in [0.5, 0.6) is 17.2 Å². The Morgan fingerprint density at radius 3 is 2.09 bits per heavy atom. The Morgan fingerprint density at radius 2 is 1.43 bits per heavy atom. The van der Waals surface area contributed by atoms with Gasteiger partial charge in [-0.2, -0.15) is 0 Å². The van der Waals surface area contributed by atoms with E-state index in [0.29, 0.717) is 10.9 Å². The highest BCUT2D eigenvalue weighted by Crippen LogP contribution is 2.37. The zero-order valence-electron chi connectivity index (χ0n) is 13.6. The van der Waals surface area contributed by atoms with Gasteiger partial charge >= 0.3 is 0 Å². The molecule has 0 unspecified atom stereocenters. The Bertz CT molecular complexity index is 990. The molecule has 23 heavy (non-hydrogen) atoms. The number of phenols is 1. The molecule has 0 spiro atoms. The van der Waals surface area contributed by atoms with Gasteiger partial charge in [-0.05, 0) is 65.9 Å². The van der Waals surface area contributed by atoms with Crippen LogP contribution in [0.15, 0.2) is 35.1 Å². The van der Waals surface area contributed by atoms with Crippen LogP contribution in [0.4, 0.5) is 0 Å². The lowest BCUT2D eigenvalue weighted by molar-refractivity contribution is 0.411. The Balaban J connectivity index is 2.61. The fraction of sp³-hybridized carbons (Fsp3) is 0.211. The zero-order chi connectivity index (χ0) is 16.7. The Morgan fingerprint density at radius 1 is 0.783 bits per heavy atom. The predicted octanol–water partition coefficient (Wildman–Crippen LogP) is 3.69. The lowest BCUT2D eigenvalue weighted by atomic mass is 10.00. The summed E-state index contributed by atoms with van der Waals surface area (Å²) in [7, 11) is 3.09. The summed E-state index contributed by atoms with van der Waals surface area (Å²) in [6, 6.07) is 8.93. The highest BCUT2D eigenvalue weighted by atomic mass is 16.5. The fourth-order valence-electron chi connectivity index (χ4n) is 2.92. The molecule has 0 aliphatic carbocycles. The van der Waals surface area contributed by atoms with E-state index in [2.05, 4.69) is 0 Å². The van der Waals surface area contributed by atoms with E-state index < -0.39 is 0 Å². The molecule has 4 heteroatoms. The van der Waals surface area contributed by atoms with Gasteiger partial charge in [0, 0.05) is 10.9 Å². The molecule has 0 atom stereocenters. The van der Waals surface area contributed by atoms with E-state index >= 15 is 0 Å². The van der Waals surface area contributed by atoms with E-state index in [1.165, 1.54) is 7.11 Å². The minimum absolute atomic E-state index is 0.157. The summed E-state index contributed by atoms with van der Waals surface area (Å²) in [6.45, 7) is 3.66. The first-order valence-corrected chi connectivity index (χ1v) is 7.29. The van der Waals surface area contributed by atoms with Crippen LogP contribution in [0, 0.1) is 13.8 Å². The molecule has 0 heterocycles. The molecule has 1 N–H and O–H groups in total. The number of benzene rings is 2. The van der Waals surface area contributed by atoms with Gasteiger partial charge in [0.25, 0.3) is 0 Å². The average molecular weight is 310 g/mol. The molecule has 0 saturated carbocycles. The van der Waals surface area contributed by atoms with Crippen molar-refractivity contribution >= 4 is 21.5 Å². The Kier molecular flexibility index (Phi) is 3.60. The van der Waals surface area contributed by atoms with E-state index in [9.17, 15) is 9.90 Å². The van der Waals surface area contributed by atoms with E-state index in [1.807, 2.05) is 19.1 Å². The second-order valence-electron chi connectivity index (χ2n) is 5.64. The summed E-state index contributed by atoms with van der Waals surface area (Å²) in [5.41, 5.74) is 1.34. The third-order valence-electron chi connectivity index (χ3n) is 4.15. The molecule has 0 bridgehead atoms. The van der Waals surface area contributed by atoms with Crippen molar-refractivity contribution in [2.75, 3.05) is 14.2 Å². The van der Waals surface area contributed by atoms with Gasteiger partial charge in [-0.25, -0.2) is 0 Å². The van der Waals surface area contributed by atoms with Gasteiger partial charge in [-0.1, -0.05) is 0 Å². The lowest BCUT2D eigenvalue weighted by Gasteiger charge is -2.10. The second-order valence-corrected chi connectivity index (χ2v) is 5.64. The van der Waals surface area contributed by atoms with Crippen LogP contribution in [-0.4, -0.2) is 19.3 Å². The zero-order valence-corrected chi connectivity index (χ0v) is 13.6. The molecule has 0 aromatic heterocycles. The van der Waals surface area contributed by atoms with Crippen LogP contribution < -0.4 is 14.9 Å². The van der Waals surface area contributed by atoms with Crippen LogP contribution in [0.25, 0.3) is 21.5 Å². The van der Waals surface area contributed by atoms with Gasteiger partial charge in [-0.15, -0.1) is 0 Å². The maximum absolute atomic E-state index is 12.3. The molecule has 3 aromatic rings. The molecular weight excluding hydrogens is 292 g/mol. The average Bonchev–Trinajstić information content (AvgIpc) is 2.65. The first-order chi connectivity index (χ1) is 11.0. The number of hydrogen-bond donors (Lipinski definition) is 1. The monoisotopic (exact) mass is 310 g/mol.